The molecular formula is C19H22N2O5. The number of nitrogens with one attached hydrogen (secondary N) is 1. The highest BCUT2D eigenvalue weighted by atomic mass is 16.5. The lowest BCUT2D eigenvalue weighted by molar-refractivity contribution is -0.0138. The Morgan fingerprint density at radius 2 is 2.08 bits per heavy atom. The van der Waals surface area contributed by atoms with E-state index in [1.165, 1.54) is 0 Å². The molecule has 1 aliphatic carbocycles. The highest BCUT2D eigenvalue weighted by molar-refractivity contribution is 5.91. The molecule has 2 aromatic rings. The summed E-state index contributed by atoms with van der Waals surface area (Å²) in [6, 6.07) is 8.77. The van der Waals surface area contributed by atoms with Gasteiger partial charge in [-0.2, -0.15) is 0 Å². The van der Waals surface area contributed by atoms with E-state index in [0.717, 1.165) is 24.1 Å². The molecule has 0 bridgehead atoms. The zero-order valence-electron chi connectivity index (χ0n) is 14.4. The van der Waals surface area contributed by atoms with E-state index >= 15 is 0 Å². The van der Waals surface area contributed by atoms with Crippen molar-refractivity contribution in [1.82, 2.24) is 10.5 Å². The number of aliphatic hydroxyl groups is 1. The Morgan fingerprint density at radius 3 is 2.81 bits per heavy atom. The van der Waals surface area contributed by atoms with Crippen molar-refractivity contribution >= 4 is 5.91 Å². The molecule has 1 aromatic heterocycles. The first-order valence-electron chi connectivity index (χ1n) is 8.94. The van der Waals surface area contributed by atoms with Gasteiger partial charge in [-0.25, -0.2) is 0 Å². The molecule has 2 aliphatic rings. The first-order chi connectivity index (χ1) is 12.7. The Labute approximate surface area is 151 Å². The molecule has 26 heavy (non-hydrogen) atoms. The Hall–Kier alpha value is -2.38. The minimum Gasteiger partial charge on any atom is -0.486 e. The van der Waals surface area contributed by atoms with Gasteiger partial charge in [0, 0.05) is 18.6 Å². The van der Waals surface area contributed by atoms with Gasteiger partial charge < -0.3 is 24.4 Å². The van der Waals surface area contributed by atoms with Gasteiger partial charge in [0.15, 0.2) is 0 Å². The highest BCUT2D eigenvalue weighted by Crippen LogP contribution is 2.39. The number of nitrogens with zero attached hydrogens (tertiary/aromatic N) is 1. The maximum absolute atomic E-state index is 12.5. The van der Waals surface area contributed by atoms with Crippen molar-refractivity contribution in [1.29, 1.82) is 0 Å². The zero-order valence-corrected chi connectivity index (χ0v) is 14.4. The molecule has 0 unspecified atom stereocenters. The van der Waals surface area contributed by atoms with Gasteiger partial charge in [-0.3, -0.25) is 4.79 Å². The number of aromatic nitrogens is 1. The number of ether oxygens (including phenoxy) is 2. The molecule has 0 spiro atoms. The molecule has 7 nitrogen and oxygen atoms in total. The normalized spacial score (nSPS) is 22.8. The molecule has 1 saturated carbocycles. The van der Waals surface area contributed by atoms with E-state index in [9.17, 15) is 4.79 Å². The van der Waals surface area contributed by atoms with Crippen LogP contribution in [-0.4, -0.2) is 41.5 Å². The molecule has 2 atom stereocenters. The predicted octanol–water partition coefficient (Wildman–Crippen LogP) is 2.01. The molecule has 2 fully saturated rings. The fourth-order valence-electron chi connectivity index (χ4n) is 3.05. The smallest absolute Gasteiger partial charge is 0.290 e. The molecule has 1 aliphatic heterocycles. The first-order valence-corrected chi connectivity index (χ1v) is 8.94. The summed E-state index contributed by atoms with van der Waals surface area (Å²) in [5, 5.41) is 16.1. The third-order valence-corrected chi connectivity index (χ3v) is 4.76. The molecule has 1 amide bonds. The minimum atomic E-state index is -0.293. The predicted molar refractivity (Wildman–Crippen MR) is 91.9 cm³/mol. The van der Waals surface area contributed by atoms with Crippen LogP contribution >= 0.6 is 0 Å². The van der Waals surface area contributed by atoms with Crippen LogP contribution in [0.2, 0.25) is 0 Å². The molecule has 4 rings (SSSR count). The molecule has 7 heteroatoms. The number of carbonyl (C=O) groups excluding carboxylic acids is 1. The van der Waals surface area contributed by atoms with Gasteiger partial charge in [0.1, 0.15) is 11.9 Å². The Morgan fingerprint density at radius 1 is 1.27 bits per heavy atom. The van der Waals surface area contributed by atoms with Gasteiger partial charge in [-0.15, -0.1) is 0 Å². The second kappa shape index (κ2) is 7.47. The van der Waals surface area contributed by atoms with Crippen LogP contribution in [0.5, 0.6) is 5.75 Å². The van der Waals surface area contributed by atoms with Crippen molar-refractivity contribution in [3.63, 3.8) is 0 Å². The quantitative estimate of drug-likeness (QED) is 0.820. The van der Waals surface area contributed by atoms with Gasteiger partial charge in [-0.1, -0.05) is 17.3 Å². The van der Waals surface area contributed by atoms with E-state index in [4.69, 9.17) is 19.1 Å². The highest BCUT2D eigenvalue weighted by Gasteiger charge is 2.32. The van der Waals surface area contributed by atoms with Crippen molar-refractivity contribution in [2.75, 3.05) is 13.2 Å². The summed E-state index contributed by atoms with van der Waals surface area (Å²) in [6.45, 7) is 0.958. The fourth-order valence-corrected chi connectivity index (χ4v) is 3.05. The summed E-state index contributed by atoms with van der Waals surface area (Å²) < 4.78 is 16.7. The maximum Gasteiger partial charge on any atom is 0.290 e. The van der Waals surface area contributed by atoms with Gasteiger partial charge in [0.25, 0.3) is 5.91 Å². The van der Waals surface area contributed by atoms with Crippen LogP contribution in [0.4, 0.5) is 0 Å². The molecule has 0 radical (unpaired) electrons. The second-order valence-electron chi connectivity index (χ2n) is 6.79. The van der Waals surface area contributed by atoms with Crippen molar-refractivity contribution < 1.29 is 23.9 Å². The minimum absolute atomic E-state index is 0.00840. The first kappa shape index (κ1) is 17.1. The number of hydrogen-bond donors (Lipinski definition) is 2. The molecule has 2 N–H and O–H groups in total. The van der Waals surface area contributed by atoms with Crippen LogP contribution in [0, 0.1) is 0 Å². The van der Waals surface area contributed by atoms with E-state index in [1.807, 2.05) is 0 Å². The Bertz CT molecular complexity index is 754. The standard InChI is InChI=1S/C19H22N2O5/c22-10-12-1-5-14(6-2-12)25-18-11-24-8-7-15(18)20-19(23)17-9-16(21-26-17)13-3-4-13/h1-2,5-6,9,13,15,18,22H,3-4,7-8,10-11H2,(H,20,23)/t15-,18-/m1/s1. The summed E-state index contributed by atoms with van der Waals surface area (Å²) in [5.41, 5.74) is 1.68. The van der Waals surface area contributed by atoms with Gasteiger partial charge >= 0.3 is 0 Å². The number of benzene rings is 1. The largest absolute Gasteiger partial charge is 0.486 e. The summed E-state index contributed by atoms with van der Waals surface area (Å²) in [4.78, 5) is 12.5. The average molecular weight is 358 g/mol. The van der Waals surface area contributed by atoms with E-state index < -0.39 is 0 Å². The van der Waals surface area contributed by atoms with E-state index in [1.54, 1.807) is 30.3 Å². The third kappa shape index (κ3) is 3.89. The molecule has 2 heterocycles. The number of aliphatic hydroxyl groups excluding tert-OH is 1. The van der Waals surface area contributed by atoms with Crippen LogP contribution in [0.1, 0.15) is 47.0 Å². The van der Waals surface area contributed by atoms with Crippen molar-refractivity contribution in [2.45, 2.75) is 43.9 Å². The van der Waals surface area contributed by atoms with Crippen molar-refractivity contribution in [3.8, 4) is 5.75 Å². The van der Waals surface area contributed by atoms with Crippen LogP contribution < -0.4 is 10.1 Å². The number of amides is 1. The van der Waals surface area contributed by atoms with Crippen molar-refractivity contribution in [2.24, 2.45) is 0 Å². The SMILES string of the molecule is O=C(N[C@@H]1CCOC[C@H]1Oc1ccc(CO)cc1)c1cc(C2CC2)no1. The second-order valence-corrected chi connectivity index (χ2v) is 6.79. The number of rotatable bonds is 6. The lowest BCUT2D eigenvalue weighted by Gasteiger charge is -2.32. The van der Waals surface area contributed by atoms with E-state index in [-0.39, 0.29) is 30.4 Å². The number of carbonyl (C=O) groups is 1. The van der Waals surface area contributed by atoms with Crippen LogP contribution in [0.3, 0.4) is 0 Å². The maximum atomic E-state index is 12.5. The Balaban J connectivity index is 1.40. The molecule has 1 aromatic carbocycles. The van der Waals surface area contributed by atoms with E-state index in [2.05, 4.69) is 10.5 Å². The average Bonchev–Trinajstić information content (AvgIpc) is 3.40. The van der Waals surface area contributed by atoms with Crippen LogP contribution in [0.25, 0.3) is 0 Å². The molecular weight excluding hydrogens is 336 g/mol. The van der Waals surface area contributed by atoms with Crippen LogP contribution in [0.15, 0.2) is 34.9 Å². The zero-order chi connectivity index (χ0) is 17.9. The third-order valence-electron chi connectivity index (χ3n) is 4.76. The summed E-state index contributed by atoms with van der Waals surface area (Å²) in [5.74, 6) is 1.08. The lowest BCUT2D eigenvalue weighted by Crippen LogP contribution is -2.51. The summed E-state index contributed by atoms with van der Waals surface area (Å²) in [6.07, 6.45) is 2.59. The van der Waals surface area contributed by atoms with Crippen molar-refractivity contribution in [3.05, 3.63) is 47.3 Å². The fraction of sp³-hybridized carbons (Fsp3) is 0.474. The topological polar surface area (TPSA) is 93.8 Å². The molecule has 1 saturated heterocycles. The van der Waals surface area contributed by atoms with Gasteiger partial charge in [0.2, 0.25) is 5.76 Å². The molecule has 138 valence electrons. The summed E-state index contributed by atoms with van der Waals surface area (Å²) in [7, 11) is 0. The number of hydrogen-bond acceptors (Lipinski definition) is 6. The summed E-state index contributed by atoms with van der Waals surface area (Å²) >= 11 is 0. The van der Waals surface area contributed by atoms with Gasteiger partial charge in [-0.05, 0) is 37.0 Å². The lowest BCUT2D eigenvalue weighted by atomic mass is 10.1. The van der Waals surface area contributed by atoms with E-state index in [0.29, 0.717) is 31.3 Å². The van der Waals surface area contributed by atoms with Gasteiger partial charge in [0.05, 0.1) is 24.9 Å². The van der Waals surface area contributed by atoms with Crippen LogP contribution in [-0.2, 0) is 11.3 Å². The monoisotopic (exact) mass is 358 g/mol. The Kier molecular flexibility index (Phi) is 4.90.